The molecule has 0 saturated carbocycles. The van der Waals surface area contributed by atoms with Crippen LogP contribution in [0.5, 0.6) is 0 Å². The van der Waals surface area contributed by atoms with Gasteiger partial charge in [0, 0.05) is 38.0 Å². The Bertz CT molecular complexity index is 3110. The summed E-state index contributed by atoms with van der Waals surface area (Å²) in [4.78, 5) is 0. The Balaban J connectivity index is 1.20. The Hall–Kier alpha value is -6.90. The molecule has 11 aromatic rings. The molecule has 52 heavy (non-hydrogen) atoms. The fourth-order valence-electron chi connectivity index (χ4n) is 8.66. The highest BCUT2D eigenvalue weighted by molar-refractivity contribution is 6.21. The van der Waals surface area contributed by atoms with Crippen molar-refractivity contribution in [3.8, 4) is 33.6 Å². The molecule has 9 aromatic carbocycles. The van der Waals surface area contributed by atoms with E-state index in [1.54, 1.807) is 0 Å². The highest BCUT2D eigenvalue weighted by atomic mass is 15.0. The Morgan fingerprint density at radius 2 is 0.712 bits per heavy atom. The molecule has 0 unspecified atom stereocenters. The molecule has 0 saturated heterocycles. The van der Waals surface area contributed by atoms with Crippen molar-refractivity contribution in [3.63, 3.8) is 0 Å². The molecule has 0 amide bonds. The van der Waals surface area contributed by atoms with E-state index in [2.05, 4.69) is 203 Å². The highest BCUT2D eigenvalue weighted by Gasteiger charge is 2.21. The molecule has 2 heteroatoms. The van der Waals surface area contributed by atoms with Crippen molar-refractivity contribution >= 4 is 65.2 Å². The SMILES string of the molecule is c1ccc(-c2c3ccccc3c(-n3c4ccccc4c4ccc(-c5ccc6c(c5)c5ccccc5n6-c5ccccc5)cc43)c3ccccc23)cc1. The smallest absolute Gasteiger partial charge is 0.0619 e. The number of para-hydroxylation sites is 3. The molecule has 0 spiro atoms. The fourth-order valence-corrected chi connectivity index (χ4v) is 8.66. The second-order valence-corrected chi connectivity index (χ2v) is 13.7. The zero-order valence-corrected chi connectivity index (χ0v) is 28.4. The molecule has 242 valence electrons. The minimum absolute atomic E-state index is 1.17. The van der Waals surface area contributed by atoms with Gasteiger partial charge in [0.1, 0.15) is 0 Å². The third-order valence-electron chi connectivity index (χ3n) is 10.9. The number of hydrogen-bond acceptors (Lipinski definition) is 0. The largest absolute Gasteiger partial charge is 0.309 e. The van der Waals surface area contributed by atoms with Crippen LogP contribution in [-0.2, 0) is 0 Å². The van der Waals surface area contributed by atoms with E-state index in [0.29, 0.717) is 0 Å². The molecule has 0 aliphatic rings. The maximum absolute atomic E-state index is 2.52. The van der Waals surface area contributed by atoms with Gasteiger partial charge >= 0.3 is 0 Å². The van der Waals surface area contributed by atoms with Crippen molar-refractivity contribution in [2.75, 3.05) is 0 Å². The first kappa shape index (κ1) is 28.9. The molecule has 0 aliphatic carbocycles. The second-order valence-electron chi connectivity index (χ2n) is 13.7. The summed E-state index contributed by atoms with van der Waals surface area (Å²) < 4.78 is 4.90. The maximum Gasteiger partial charge on any atom is 0.0619 e. The van der Waals surface area contributed by atoms with E-state index >= 15 is 0 Å². The number of benzene rings is 9. The first-order valence-corrected chi connectivity index (χ1v) is 17.9. The predicted octanol–water partition coefficient (Wildman–Crippen LogP) is 13.5. The minimum Gasteiger partial charge on any atom is -0.309 e. The molecule has 0 fully saturated rings. The lowest BCUT2D eigenvalue weighted by atomic mass is 9.90. The molecule has 11 rings (SSSR count). The van der Waals surface area contributed by atoms with Gasteiger partial charge in [-0.3, -0.25) is 0 Å². The van der Waals surface area contributed by atoms with Crippen molar-refractivity contribution in [1.29, 1.82) is 0 Å². The average Bonchev–Trinajstić information content (AvgIpc) is 3.72. The van der Waals surface area contributed by atoms with Crippen molar-refractivity contribution in [3.05, 3.63) is 194 Å². The van der Waals surface area contributed by atoms with Gasteiger partial charge in [0.05, 0.1) is 27.8 Å². The van der Waals surface area contributed by atoms with E-state index in [-0.39, 0.29) is 0 Å². The summed E-state index contributed by atoms with van der Waals surface area (Å²) in [5.74, 6) is 0. The minimum atomic E-state index is 1.17. The summed E-state index contributed by atoms with van der Waals surface area (Å²) in [6.07, 6.45) is 0. The normalized spacial score (nSPS) is 11.8. The van der Waals surface area contributed by atoms with Crippen LogP contribution >= 0.6 is 0 Å². The summed E-state index contributed by atoms with van der Waals surface area (Å²) >= 11 is 0. The van der Waals surface area contributed by atoms with Gasteiger partial charge in [-0.15, -0.1) is 0 Å². The molecule has 2 heterocycles. The van der Waals surface area contributed by atoms with Gasteiger partial charge in [-0.2, -0.15) is 0 Å². The molecule has 0 bridgehead atoms. The molecule has 0 radical (unpaired) electrons. The number of aromatic nitrogens is 2. The Kier molecular flexibility index (Phi) is 6.28. The topological polar surface area (TPSA) is 9.86 Å². The van der Waals surface area contributed by atoms with E-state index in [1.165, 1.54) is 98.8 Å². The van der Waals surface area contributed by atoms with Gasteiger partial charge in [-0.05, 0) is 75.5 Å². The van der Waals surface area contributed by atoms with Crippen molar-refractivity contribution in [2.24, 2.45) is 0 Å². The van der Waals surface area contributed by atoms with Gasteiger partial charge in [-0.25, -0.2) is 0 Å². The summed E-state index contributed by atoms with van der Waals surface area (Å²) in [6.45, 7) is 0. The van der Waals surface area contributed by atoms with Crippen LogP contribution in [0.15, 0.2) is 194 Å². The molecular formula is C50H32N2. The van der Waals surface area contributed by atoms with Crippen LogP contribution in [0.25, 0.3) is 98.8 Å². The van der Waals surface area contributed by atoms with Gasteiger partial charge in [0.25, 0.3) is 0 Å². The molecule has 2 nitrogen and oxygen atoms in total. The van der Waals surface area contributed by atoms with Crippen molar-refractivity contribution in [1.82, 2.24) is 9.13 Å². The zero-order valence-electron chi connectivity index (χ0n) is 28.4. The number of fused-ring (bicyclic) bond motifs is 8. The van der Waals surface area contributed by atoms with E-state index in [4.69, 9.17) is 0 Å². The van der Waals surface area contributed by atoms with Crippen LogP contribution < -0.4 is 0 Å². The van der Waals surface area contributed by atoms with E-state index in [9.17, 15) is 0 Å². The zero-order chi connectivity index (χ0) is 34.2. The quantitative estimate of drug-likeness (QED) is 0.166. The van der Waals surface area contributed by atoms with Gasteiger partial charge in [0.15, 0.2) is 0 Å². The Labute approximate surface area is 301 Å². The lowest BCUT2D eigenvalue weighted by molar-refractivity contribution is 1.18. The van der Waals surface area contributed by atoms with Crippen LogP contribution in [0.3, 0.4) is 0 Å². The predicted molar refractivity (Wildman–Crippen MR) is 221 cm³/mol. The maximum atomic E-state index is 2.52. The summed E-state index contributed by atoms with van der Waals surface area (Å²) in [7, 11) is 0. The fraction of sp³-hybridized carbons (Fsp3) is 0. The lowest BCUT2D eigenvalue weighted by Gasteiger charge is -2.19. The Morgan fingerprint density at radius 1 is 0.250 bits per heavy atom. The highest BCUT2D eigenvalue weighted by Crippen LogP contribution is 2.44. The van der Waals surface area contributed by atoms with Gasteiger partial charge < -0.3 is 9.13 Å². The van der Waals surface area contributed by atoms with Crippen molar-refractivity contribution in [2.45, 2.75) is 0 Å². The van der Waals surface area contributed by atoms with Crippen LogP contribution in [0.2, 0.25) is 0 Å². The number of nitrogens with zero attached hydrogens (tertiary/aromatic N) is 2. The second kappa shape index (κ2) is 11.3. The molecule has 0 atom stereocenters. The summed E-state index contributed by atoms with van der Waals surface area (Å²) in [6, 6.07) is 71.0. The standard InChI is InChI=1S/C50H32N2/c1-3-15-33(16-4-1)49-40-21-7-9-23-42(40)50(43-24-10-8-22-41(43)49)52-46-26-14-11-19-37(46)39-29-27-35(32-48(39)52)34-28-30-47-44(31-34)38-20-12-13-25-45(38)51(47)36-17-5-2-6-18-36/h1-32H. The summed E-state index contributed by atoms with van der Waals surface area (Å²) in [5, 5.41) is 10.0. The van der Waals surface area contributed by atoms with E-state index in [1.807, 2.05) is 0 Å². The lowest BCUT2D eigenvalue weighted by Crippen LogP contribution is -1.99. The molecule has 0 N–H and O–H groups in total. The third-order valence-corrected chi connectivity index (χ3v) is 10.9. The first-order valence-electron chi connectivity index (χ1n) is 17.9. The monoisotopic (exact) mass is 660 g/mol. The van der Waals surface area contributed by atoms with Crippen molar-refractivity contribution < 1.29 is 0 Å². The molecule has 2 aromatic heterocycles. The van der Waals surface area contributed by atoms with E-state index in [0.717, 1.165) is 0 Å². The number of hydrogen-bond donors (Lipinski definition) is 0. The van der Waals surface area contributed by atoms with Crippen LogP contribution in [0.4, 0.5) is 0 Å². The van der Waals surface area contributed by atoms with Gasteiger partial charge in [0.2, 0.25) is 0 Å². The van der Waals surface area contributed by atoms with E-state index < -0.39 is 0 Å². The first-order chi connectivity index (χ1) is 25.8. The molecule has 0 aliphatic heterocycles. The van der Waals surface area contributed by atoms with Crippen LogP contribution in [0.1, 0.15) is 0 Å². The van der Waals surface area contributed by atoms with Crippen LogP contribution in [-0.4, -0.2) is 9.13 Å². The average molecular weight is 661 g/mol. The summed E-state index contributed by atoms with van der Waals surface area (Å²) in [5.41, 5.74) is 12.1. The third kappa shape index (κ3) is 4.19. The molecular weight excluding hydrogens is 629 g/mol. The Morgan fingerprint density at radius 3 is 1.38 bits per heavy atom. The van der Waals surface area contributed by atoms with Crippen LogP contribution in [0, 0.1) is 0 Å². The number of rotatable bonds is 4. The van der Waals surface area contributed by atoms with Gasteiger partial charge in [-0.1, -0.05) is 152 Å².